The molecule has 2 aromatic rings. The molecule has 1 atom stereocenters. The topological polar surface area (TPSA) is 43.4 Å². The molecule has 0 aromatic heterocycles. The molecule has 0 aliphatic rings. The largest absolute Gasteiger partial charge is 0.460 e. The van der Waals surface area contributed by atoms with Crippen LogP contribution in [0.15, 0.2) is 76.5 Å². The molecule has 0 saturated heterocycles. The number of allylic oxidation sites excluding steroid dienone is 1. The highest BCUT2D eigenvalue weighted by atomic mass is 32.2. The first-order valence-corrected chi connectivity index (χ1v) is 10.1. The lowest BCUT2D eigenvalue weighted by Crippen LogP contribution is -2.23. The summed E-state index contributed by atoms with van der Waals surface area (Å²) in [4.78, 5) is 13.0. The third kappa shape index (κ3) is 7.75. The summed E-state index contributed by atoms with van der Waals surface area (Å²) in [7, 11) is -1.34. The minimum absolute atomic E-state index is 0.0677. The fraction of sp³-hybridized carbons (Fsp3) is 0.261. The van der Waals surface area contributed by atoms with Crippen LogP contribution >= 0.6 is 0 Å². The lowest BCUT2D eigenvalue weighted by Gasteiger charge is -2.19. The van der Waals surface area contributed by atoms with E-state index >= 15 is 0 Å². The van der Waals surface area contributed by atoms with Gasteiger partial charge in [0.15, 0.2) is 0 Å². The molecule has 142 valence electrons. The van der Waals surface area contributed by atoms with Crippen LogP contribution in [0.1, 0.15) is 38.3 Å². The van der Waals surface area contributed by atoms with Crippen LogP contribution in [0.5, 0.6) is 0 Å². The average Bonchev–Trinajstić information content (AvgIpc) is 2.59. The van der Waals surface area contributed by atoms with Crippen molar-refractivity contribution in [3.8, 4) is 0 Å². The monoisotopic (exact) mass is 382 g/mol. The lowest BCUT2D eigenvalue weighted by molar-refractivity contribution is -0.153. The Morgan fingerprint density at radius 3 is 2.26 bits per heavy atom. The van der Waals surface area contributed by atoms with Crippen molar-refractivity contribution in [2.45, 2.75) is 44.6 Å². The number of aryl methyl sites for hydroxylation is 1. The zero-order valence-electron chi connectivity index (χ0n) is 16.3. The van der Waals surface area contributed by atoms with Crippen molar-refractivity contribution < 1.29 is 13.7 Å². The third-order valence-electron chi connectivity index (χ3n) is 3.57. The van der Waals surface area contributed by atoms with E-state index in [9.17, 15) is 9.00 Å². The van der Waals surface area contributed by atoms with Gasteiger partial charge in [-0.2, -0.15) is 0 Å². The molecule has 0 spiro atoms. The highest BCUT2D eigenvalue weighted by Gasteiger charge is 2.17. The van der Waals surface area contributed by atoms with Crippen LogP contribution in [0.3, 0.4) is 0 Å². The Morgan fingerprint density at radius 2 is 1.67 bits per heavy atom. The molecule has 0 saturated carbocycles. The summed E-state index contributed by atoms with van der Waals surface area (Å²) in [6.45, 7) is 7.48. The van der Waals surface area contributed by atoms with E-state index in [1.165, 1.54) is 0 Å². The van der Waals surface area contributed by atoms with Gasteiger partial charge in [0.2, 0.25) is 0 Å². The van der Waals surface area contributed by atoms with Gasteiger partial charge in [0, 0.05) is 10.3 Å². The summed E-state index contributed by atoms with van der Waals surface area (Å²) in [5.41, 5.74) is 2.22. The number of hydrogen-bond acceptors (Lipinski definition) is 3. The quantitative estimate of drug-likeness (QED) is 0.494. The normalized spacial score (nSPS) is 13.6. The summed E-state index contributed by atoms with van der Waals surface area (Å²) in [6, 6.07) is 17.3. The zero-order chi connectivity index (χ0) is 19.9. The molecule has 4 heteroatoms. The summed E-state index contributed by atoms with van der Waals surface area (Å²) in [6.07, 6.45) is 3.80. The van der Waals surface area contributed by atoms with E-state index in [1.807, 2.05) is 94.4 Å². The van der Waals surface area contributed by atoms with E-state index in [0.717, 1.165) is 11.1 Å². The molecule has 0 bridgehead atoms. The molecule has 27 heavy (non-hydrogen) atoms. The van der Waals surface area contributed by atoms with Gasteiger partial charge in [-0.3, -0.25) is 4.79 Å². The van der Waals surface area contributed by atoms with Crippen LogP contribution in [-0.2, 0) is 20.3 Å². The molecule has 3 nitrogen and oxygen atoms in total. The Morgan fingerprint density at radius 1 is 1.04 bits per heavy atom. The molecule has 0 aliphatic heterocycles. The van der Waals surface area contributed by atoms with Crippen LogP contribution in [0.25, 0.3) is 6.08 Å². The van der Waals surface area contributed by atoms with Gasteiger partial charge in [0.05, 0.1) is 17.2 Å². The smallest absolute Gasteiger partial charge is 0.310 e. The second kappa shape index (κ2) is 9.47. The van der Waals surface area contributed by atoms with Crippen LogP contribution in [0, 0.1) is 6.92 Å². The molecular weight excluding hydrogens is 356 g/mol. The van der Waals surface area contributed by atoms with Gasteiger partial charge in [-0.1, -0.05) is 60.2 Å². The van der Waals surface area contributed by atoms with E-state index in [-0.39, 0.29) is 12.4 Å². The lowest BCUT2D eigenvalue weighted by atomic mass is 10.1. The van der Waals surface area contributed by atoms with Crippen LogP contribution in [-0.4, -0.2) is 15.8 Å². The molecule has 0 fully saturated rings. The van der Waals surface area contributed by atoms with Gasteiger partial charge < -0.3 is 4.74 Å². The maximum atomic E-state index is 12.7. The predicted molar refractivity (Wildman–Crippen MR) is 112 cm³/mol. The highest BCUT2D eigenvalue weighted by molar-refractivity contribution is 7.88. The minimum atomic E-state index is -1.34. The van der Waals surface area contributed by atoms with Gasteiger partial charge in [0.25, 0.3) is 0 Å². The Bertz CT molecular complexity index is 841. The van der Waals surface area contributed by atoms with Gasteiger partial charge in [-0.05, 0) is 51.0 Å². The molecule has 0 heterocycles. The van der Waals surface area contributed by atoms with E-state index in [1.54, 1.807) is 5.41 Å². The fourth-order valence-corrected chi connectivity index (χ4v) is 3.31. The van der Waals surface area contributed by atoms with Gasteiger partial charge >= 0.3 is 5.97 Å². The second-order valence-electron chi connectivity index (χ2n) is 7.31. The van der Waals surface area contributed by atoms with Crippen LogP contribution < -0.4 is 0 Å². The fourth-order valence-electron chi connectivity index (χ4n) is 2.33. The number of carbonyl (C=O) groups excluding carboxylic acids is 1. The summed E-state index contributed by atoms with van der Waals surface area (Å²) in [5, 5.41) is 1.62. The van der Waals surface area contributed by atoms with Crippen molar-refractivity contribution in [1.29, 1.82) is 0 Å². The van der Waals surface area contributed by atoms with Crippen molar-refractivity contribution >= 4 is 22.8 Å². The van der Waals surface area contributed by atoms with Crippen molar-refractivity contribution in [2.75, 3.05) is 0 Å². The molecule has 0 radical (unpaired) electrons. The number of benzene rings is 2. The van der Waals surface area contributed by atoms with Gasteiger partial charge in [0.1, 0.15) is 5.60 Å². The number of rotatable bonds is 6. The third-order valence-corrected chi connectivity index (χ3v) is 4.82. The number of carbonyl (C=O) groups is 1. The first-order valence-electron chi connectivity index (χ1n) is 8.86. The van der Waals surface area contributed by atoms with Crippen LogP contribution in [0.4, 0.5) is 0 Å². The maximum Gasteiger partial charge on any atom is 0.310 e. The van der Waals surface area contributed by atoms with E-state index < -0.39 is 16.4 Å². The number of ether oxygens (including phenoxy) is 1. The van der Waals surface area contributed by atoms with E-state index in [4.69, 9.17) is 4.74 Å². The van der Waals surface area contributed by atoms with Crippen molar-refractivity contribution in [2.24, 2.45) is 0 Å². The average molecular weight is 383 g/mol. The molecular formula is C23H26O3S. The Kier molecular flexibility index (Phi) is 7.31. The Hall–Kier alpha value is -2.46. The second-order valence-corrected chi connectivity index (χ2v) is 8.61. The Balaban J connectivity index is 2.24. The molecule has 0 amide bonds. The standard InChI is InChI=1S/C23H26O3S/c1-18-10-14-21(15-11-18)27(25)17-20(16-22(24)26-23(2,3)4)13-12-19-8-6-5-7-9-19/h5-15,17H,16H2,1-4H3/b13-12+,20-17-/t27-/m1/s1. The van der Waals surface area contributed by atoms with Crippen molar-refractivity contribution in [1.82, 2.24) is 0 Å². The SMILES string of the molecule is Cc1ccc([S@](=O)/C=C(/C=C/c2ccccc2)CC(=O)OC(C)(C)C)cc1. The van der Waals surface area contributed by atoms with Crippen molar-refractivity contribution in [3.63, 3.8) is 0 Å². The highest BCUT2D eigenvalue weighted by Crippen LogP contribution is 2.17. The Labute approximate surface area is 164 Å². The predicted octanol–water partition coefficient (Wildman–Crippen LogP) is 5.43. The van der Waals surface area contributed by atoms with Crippen LogP contribution in [0.2, 0.25) is 0 Å². The first-order chi connectivity index (χ1) is 12.7. The maximum absolute atomic E-state index is 12.7. The number of esters is 1. The minimum Gasteiger partial charge on any atom is -0.460 e. The van der Waals surface area contributed by atoms with E-state index in [0.29, 0.717) is 10.5 Å². The van der Waals surface area contributed by atoms with Crippen molar-refractivity contribution in [3.05, 3.63) is 82.8 Å². The molecule has 0 unspecified atom stereocenters. The molecule has 0 aliphatic carbocycles. The summed E-state index contributed by atoms with van der Waals surface area (Å²) >= 11 is 0. The van der Waals surface area contributed by atoms with Gasteiger partial charge in [-0.25, -0.2) is 4.21 Å². The molecule has 0 N–H and O–H groups in total. The van der Waals surface area contributed by atoms with E-state index in [2.05, 4.69) is 0 Å². The first kappa shape index (κ1) is 20.8. The molecule has 2 rings (SSSR count). The number of hydrogen-bond donors (Lipinski definition) is 0. The van der Waals surface area contributed by atoms with Gasteiger partial charge in [-0.15, -0.1) is 0 Å². The summed E-state index contributed by atoms with van der Waals surface area (Å²) in [5.74, 6) is -0.340. The zero-order valence-corrected chi connectivity index (χ0v) is 17.1. The summed E-state index contributed by atoms with van der Waals surface area (Å²) < 4.78 is 18.1. The molecule has 2 aromatic carbocycles.